The highest BCUT2D eigenvalue weighted by Crippen LogP contribution is 2.22. The van der Waals surface area contributed by atoms with Crippen molar-refractivity contribution < 1.29 is 4.79 Å². The molecule has 2 fully saturated rings. The first-order chi connectivity index (χ1) is 10.1. The fraction of sp³-hybridized carbons (Fsp3) is 0.941. The molecule has 0 aliphatic carbocycles. The zero-order valence-corrected chi connectivity index (χ0v) is 14.0. The minimum atomic E-state index is 0.260. The van der Waals surface area contributed by atoms with E-state index < -0.39 is 0 Å². The topological polar surface area (TPSA) is 44.4 Å². The molecule has 2 rings (SSSR count). The minimum absolute atomic E-state index is 0.260. The fourth-order valence-corrected chi connectivity index (χ4v) is 3.67. The Labute approximate surface area is 130 Å². The van der Waals surface area contributed by atoms with Crippen LogP contribution in [-0.4, -0.2) is 49.1 Å². The maximum absolute atomic E-state index is 12.2. The lowest BCUT2D eigenvalue weighted by molar-refractivity contribution is -0.123. The molecular weight excluding hydrogens is 262 g/mol. The second-order valence-corrected chi connectivity index (χ2v) is 7.26. The van der Waals surface area contributed by atoms with Gasteiger partial charge in [0.15, 0.2) is 0 Å². The molecule has 2 N–H and O–H groups in total. The van der Waals surface area contributed by atoms with Crippen LogP contribution in [0.5, 0.6) is 0 Å². The van der Waals surface area contributed by atoms with Gasteiger partial charge in [-0.25, -0.2) is 0 Å². The molecule has 2 unspecified atom stereocenters. The third kappa shape index (κ3) is 5.26. The molecule has 2 aliphatic heterocycles. The van der Waals surface area contributed by atoms with Gasteiger partial charge in [0.2, 0.25) is 5.91 Å². The van der Waals surface area contributed by atoms with Gasteiger partial charge in [-0.05, 0) is 64.5 Å². The summed E-state index contributed by atoms with van der Waals surface area (Å²) in [7, 11) is 0. The molecule has 0 radical (unpaired) electrons. The van der Waals surface area contributed by atoms with Crippen molar-refractivity contribution in [3.05, 3.63) is 0 Å². The largest absolute Gasteiger partial charge is 0.353 e. The summed E-state index contributed by atoms with van der Waals surface area (Å²) < 4.78 is 0. The summed E-state index contributed by atoms with van der Waals surface area (Å²) in [6, 6.07) is 1.02. The molecule has 0 saturated carbocycles. The highest BCUT2D eigenvalue weighted by Gasteiger charge is 2.25. The Kier molecular flexibility index (Phi) is 6.49. The van der Waals surface area contributed by atoms with Gasteiger partial charge in [-0.3, -0.25) is 4.79 Å². The molecule has 1 amide bonds. The SMILES string of the molecule is CC(CC(=O)NC1CCN(C(C)C)CC1)C1CCCNC1. The average Bonchev–Trinajstić information content (AvgIpc) is 2.48. The van der Waals surface area contributed by atoms with E-state index in [0.29, 0.717) is 30.3 Å². The van der Waals surface area contributed by atoms with Crippen molar-refractivity contribution in [2.24, 2.45) is 11.8 Å². The number of carbonyl (C=O) groups is 1. The molecule has 0 spiro atoms. The lowest BCUT2D eigenvalue weighted by Gasteiger charge is -2.35. The van der Waals surface area contributed by atoms with Crippen LogP contribution in [0.4, 0.5) is 0 Å². The second-order valence-electron chi connectivity index (χ2n) is 7.26. The van der Waals surface area contributed by atoms with Crippen molar-refractivity contribution in [1.29, 1.82) is 0 Å². The van der Waals surface area contributed by atoms with E-state index in [1.165, 1.54) is 12.8 Å². The van der Waals surface area contributed by atoms with Crippen LogP contribution in [0.1, 0.15) is 52.9 Å². The molecule has 4 heteroatoms. The number of hydrogen-bond donors (Lipinski definition) is 2. The van der Waals surface area contributed by atoms with Crippen LogP contribution >= 0.6 is 0 Å². The Morgan fingerprint density at radius 3 is 2.52 bits per heavy atom. The average molecular weight is 295 g/mol. The highest BCUT2D eigenvalue weighted by molar-refractivity contribution is 5.76. The van der Waals surface area contributed by atoms with Crippen molar-refractivity contribution in [1.82, 2.24) is 15.5 Å². The first-order valence-corrected chi connectivity index (χ1v) is 8.80. The Hall–Kier alpha value is -0.610. The van der Waals surface area contributed by atoms with Gasteiger partial charge in [-0.15, -0.1) is 0 Å². The number of nitrogens with zero attached hydrogens (tertiary/aromatic N) is 1. The first-order valence-electron chi connectivity index (χ1n) is 8.80. The normalized spacial score (nSPS) is 26.8. The molecule has 0 aromatic rings. The molecule has 0 bridgehead atoms. The maximum atomic E-state index is 12.2. The fourth-order valence-electron chi connectivity index (χ4n) is 3.67. The van der Waals surface area contributed by atoms with Crippen LogP contribution in [0, 0.1) is 11.8 Å². The van der Waals surface area contributed by atoms with Gasteiger partial charge < -0.3 is 15.5 Å². The summed E-state index contributed by atoms with van der Waals surface area (Å²) in [6.07, 6.45) is 5.42. The van der Waals surface area contributed by atoms with Crippen molar-refractivity contribution in [2.75, 3.05) is 26.2 Å². The second kappa shape index (κ2) is 8.14. The monoisotopic (exact) mass is 295 g/mol. The zero-order valence-electron chi connectivity index (χ0n) is 14.0. The molecular formula is C17H33N3O. The van der Waals surface area contributed by atoms with Crippen molar-refractivity contribution in [3.63, 3.8) is 0 Å². The van der Waals surface area contributed by atoms with Crippen LogP contribution < -0.4 is 10.6 Å². The number of amides is 1. The zero-order chi connectivity index (χ0) is 15.2. The number of rotatable bonds is 5. The van der Waals surface area contributed by atoms with E-state index in [2.05, 4.69) is 36.3 Å². The summed E-state index contributed by atoms with van der Waals surface area (Å²) in [6.45, 7) is 11.2. The molecule has 21 heavy (non-hydrogen) atoms. The van der Waals surface area contributed by atoms with Crippen LogP contribution in [0.15, 0.2) is 0 Å². The Balaban J connectivity index is 1.67. The van der Waals surface area contributed by atoms with E-state index in [1.807, 2.05) is 0 Å². The van der Waals surface area contributed by atoms with Gasteiger partial charge in [0, 0.05) is 31.6 Å². The molecule has 0 aromatic carbocycles. The number of nitrogens with one attached hydrogen (secondary N) is 2. The standard InChI is InChI=1S/C17H33N3O/c1-13(2)20-9-6-16(7-10-20)19-17(21)11-14(3)15-5-4-8-18-12-15/h13-16,18H,4-12H2,1-3H3,(H,19,21). The summed E-state index contributed by atoms with van der Waals surface area (Å²) in [5.41, 5.74) is 0. The predicted octanol–water partition coefficient (Wildman–Crippen LogP) is 2.00. The summed E-state index contributed by atoms with van der Waals surface area (Å²) >= 11 is 0. The number of carbonyl (C=O) groups excluding carboxylic acids is 1. The molecule has 2 saturated heterocycles. The molecule has 4 nitrogen and oxygen atoms in total. The van der Waals surface area contributed by atoms with E-state index in [1.54, 1.807) is 0 Å². The summed E-state index contributed by atoms with van der Waals surface area (Å²) in [4.78, 5) is 14.7. The van der Waals surface area contributed by atoms with Gasteiger partial charge in [0.05, 0.1) is 0 Å². The van der Waals surface area contributed by atoms with E-state index in [0.717, 1.165) is 39.0 Å². The van der Waals surface area contributed by atoms with Crippen LogP contribution in [0.3, 0.4) is 0 Å². The third-order valence-corrected chi connectivity index (χ3v) is 5.27. The quantitative estimate of drug-likeness (QED) is 0.815. The highest BCUT2D eigenvalue weighted by atomic mass is 16.1. The lowest BCUT2D eigenvalue weighted by Crippen LogP contribution is -2.47. The number of hydrogen-bond acceptors (Lipinski definition) is 3. The Bertz CT molecular complexity index is 318. The van der Waals surface area contributed by atoms with Gasteiger partial charge >= 0.3 is 0 Å². The van der Waals surface area contributed by atoms with Crippen LogP contribution in [0.2, 0.25) is 0 Å². The van der Waals surface area contributed by atoms with Gasteiger partial charge in [-0.2, -0.15) is 0 Å². The first kappa shape index (κ1) is 16.8. The Morgan fingerprint density at radius 2 is 1.95 bits per heavy atom. The van der Waals surface area contributed by atoms with Crippen LogP contribution in [-0.2, 0) is 4.79 Å². The number of likely N-dealkylation sites (tertiary alicyclic amines) is 1. The molecule has 2 aliphatic rings. The predicted molar refractivity (Wildman–Crippen MR) is 87.2 cm³/mol. The van der Waals surface area contributed by atoms with Crippen molar-refractivity contribution >= 4 is 5.91 Å². The summed E-state index contributed by atoms with van der Waals surface area (Å²) in [5, 5.41) is 6.71. The van der Waals surface area contributed by atoms with Crippen LogP contribution in [0.25, 0.3) is 0 Å². The van der Waals surface area contributed by atoms with E-state index in [9.17, 15) is 4.79 Å². The van der Waals surface area contributed by atoms with Crippen molar-refractivity contribution in [2.45, 2.75) is 65.0 Å². The number of piperidine rings is 2. The van der Waals surface area contributed by atoms with E-state index in [4.69, 9.17) is 0 Å². The maximum Gasteiger partial charge on any atom is 0.220 e. The molecule has 2 heterocycles. The molecule has 0 aromatic heterocycles. The van der Waals surface area contributed by atoms with Gasteiger partial charge in [0.25, 0.3) is 0 Å². The molecule has 122 valence electrons. The Morgan fingerprint density at radius 1 is 1.24 bits per heavy atom. The third-order valence-electron chi connectivity index (χ3n) is 5.27. The van der Waals surface area contributed by atoms with E-state index >= 15 is 0 Å². The molecule has 2 atom stereocenters. The van der Waals surface area contributed by atoms with E-state index in [-0.39, 0.29) is 5.91 Å². The lowest BCUT2D eigenvalue weighted by atomic mass is 9.85. The van der Waals surface area contributed by atoms with Crippen molar-refractivity contribution in [3.8, 4) is 0 Å². The summed E-state index contributed by atoms with van der Waals surface area (Å²) in [5.74, 6) is 1.43. The van der Waals surface area contributed by atoms with Gasteiger partial charge in [-0.1, -0.05) is 6.92 Å². The smallest absolute Gasteiger partial charge is 0.220 e. The van der Waals surface area contributed by atoms with Gasteiger partial charge in [0.1, 0.15) is 0 Å². The minimum Gasteiger partial charge on any atom is -0.353 e.